The molecule has 10 nitrogen and oxygen atoms in total. The molecule has 32 heavy (non-hydrogen) atoms. The van der Waals surface area contributed by atoms with Crippen LogP contribution in [0.15, 0.2) is 36.5 Å². The third-order valence-corrected chi connectivity index (χ3v) is 5.63. The number of carbonyl (C=O) groups excluding carboxylic acids is 2. The largest absolute Gasteiger partial charge is 0.489 e. The third-order valence-electron chi connectivity index (χ3n) is 5.63. The van der Waals surface area contributed by atoms with Gasteiger partial charge >= 0.3 is 0 Å². The molecule has 0 bridgehead atoms. The lowest BCUT2D eigenvalue weighted by Crippen LogP contribution is -2.43. The lowest BCUT2D eigenvalue weighted by molar-refractivity contribution is -0.384. The second-order valence-corrected chi connectivity index (χ2v) is 7.89. The molecule has 0 saturated heterocycles. The minimum Gasteiger partial charge on any atom is -0.489 e. The molecule has 10 heteroatoms. The van der Waals surface area contributed by atoms with Crippen molar-refractivity contribution < 1.29 is 24.0 Å². The number of nitro benzene ring substituents is 1. The topological polar surface area (TPSA) is 124 Å². The Balaban J connectivity index is 1.45. The van der Waals surface area contributed by atoms with E-state index in [4.69, 9.17) is 9.47 Å². The van der Waals surface area contributed by atoms with Crippen LogP contribution in [0.25, 0.3) is 0 Å². The Bertz CT molecular complexity index is 1020. The van der Waals surface area contributed by atoms with E-state index in [0.717, 1.165) is 12.8 Å². The molecule has 4 rings (SSSR count). The van der Waals surface area contributed by atoms with E-state index in [2.05, 4.69) is 10.3 Å². The maximum Gasteiger partial charge on any atom is 0.271 e. The van der Waals surface area contributed by atoms with Gasteiger partial charge in [-0.05, 0) is 37.0 Å². The summed E-state index contributed by atoms with van der Waals surface area (Å²) < 4.78 is 11.3. The SMILES string of the molecule is O=C(CN1C(=O)COc2ccc([N+](=O)[O-])cc21)Nc1ncccc1OCC1CCCCC1. The molecule has 168 valence electrons. The van der Waals surface area contributed by atoms with Gasteiger partial charge in [-0.1, -0.05) is 19.3 Å². The van der Waals surface area contributed by atoms with E-state index in [1.165, 1.54) is 42.4 Å². The summed E-state index contributed by atoms with van der Waals surface area (Å²) in [5.41, 5.74) is -0.0176. The molecule has 1 aromatic carbocycles. The molecule has 0 radical (unpaired) electrons. The Kier molecular flexibility index (Phi) is 6.48. The highest BCUT2D eigenvalue weighted by Crippen LogP contribution is 2.35. The summed E-state index contributed by atoms with van der Waals surface area (Å²) in [6.45, 7) is -0.0278. The smallest absolute Gasteiger partial charge is 0.271 e. The molecule has 2 amide bonds. The number of fused-ring (bicyclic) bond motifs is 1. The first-order chi connectivity index (χ1) is 15.5. The van der Waals surface area contributed by atoms with E-state index < -0.39 is 16.7 Å². The van der Waals surface area contributed by atoms with E-state index in [1.807, 2.05) is 0 Å². The molecular weight excluding hydrogens is 416 g/mol. The first kappa shape index (κ1) is 21.5. The molecule has 0 atom stereocenters. The number of non-ortho nitro benzene ring substituents is 1. The first-order valence-corrected chi connectivity index (χ1v) is 10.6. The summed E-state index contributed by atoms with van der Waals surface area (Å²) in [6.07, 6.45) is 7.48. The van der Waals surface area contributed by atoms with E-state index in [9.17, 15) is 19.7 Å². The standard InChI is InChI=1S/C22H24N4O6/c27-20(12-25-17-11-16(26(29)30)8-9-18(17)32-14-21(25)28)24-22-19(7-4-10-23-22)31-13-15-5-2-1-3-6-15/h4,7-11,15H,1-3,5-6,12-14H2,(H,23,24,27). The summed E-state index contributed by atoms with van der Waals surface area (Å²) >= 11 is 0. The van der Waals surface area contributed by atoms with Crippen LogP contribution in [0.5, 0.6) is 11.5 Å². The van der Waals surface area contributed by atoms with Gasteiger partial charge in [0.05, 0.1) is 17.2 Å². The Labute approximate surface area is 184 Å². The average molecular weight is 440 g/mol. The van der Waals surface area contributed by atoms with Gasteiger partial charge in [-0.2, -0.15) is 0 Å². The second kappa shape index (κ2) is 9.63. The maximum atomic E-state index is 12.7. The summed E-state index contributed by atoms with van der Waals surface area (Å²) in [7, 11) is 0. The maximum absolute atomic E-state index is 12.7. The lowest BCUT2D eigenvalue weighted by Gasteiger charge is -2.28. The summed E-state index contributed by atoms with van der Waals surface area (Å²) in [5, 5.41) is 13.8. The van der Waals surface area contributed by atoms with Crippen molar-refractivity contribution in [3.8, 4) is 11.5 Å². The Morgan fingerprint density at radius 3 is 2.88 bits per heavy atom. The van der Waals surface area contributed by atoms with Crippen LogP contribution in [0, 0.1) is 16.0 Å². The number of nitrogens with one attached hydrogen (secondary N) is 1. The number of aromatic nitrogens is 1. The van der Waals surface area contributed by atoms with Gasteiger partial charge in [0.1, 0.15) is 12.3 Å². The number of ether oxygens (including phenoxy) is 2. The van der Waals surface area contributed by atoms with Crippen LogP contribution in [0.2, 0.25) is 0 Å². The fourth-order valence-corrected chi connectivity index (χ4v) is 3.95. The number of rotatable bonds is 7. The molecule has 0 spiro atoms. The van der Waals surface area contributed by atoms with Gasteiger partial charge < -0.3 is 14.8 Å². The van der Waals surface area contributed by atoms with Crippen molar-refractivity contribution in [3.05, 3.63) is 46.6 Å². The highest BCUT2D eigenvalue weighted by atomic mass is 16.6. The molecule has 2 heterocycles. The highest BCUT2D eigenvalue weighted by molar-refractivity contribution is 6.05. The van der Waals surface area contributed by atoms with Crippen LogP contribution in [0.1, 0.15) is 32.1 Å². The molecule has 0 unspecified atom stereocenters. The molecule has 1 aliphatic carbocycles. The van der Waals surface area contributed by atoms with Crippen molar-refractivity contribution in [3.63, 3.8) is 0 Å². The van der Waals surface area contributed by atoms with E-state index in [1.54, 1.807) is 18.3 Å². The van der Waals surface area contributed by atoms with E-state index in [-0.39, 0.29) is 30.3 Å². The molecule has 1 aromatic heterocycles. The number of carbonyl (C=O) groups is 2. The number of benzene rings is 1. The Hall–Kier alpha value is -3.69. The van der Waals surface area contributed by atoms with Gasteiger partial charge in [0.2, 0.25) is 5.91 Å². The molecule has 1 fully saturated rings. The number of nitro groups is 1. The Morgan fingerprint density at radius 2 is 2.09 bits per heavy atom. The van der Waals surface area contributed by atoms with Gasteiger partial charge in [-0.25, -0.2) is 4.98 Å². The number of hydrogen-bond acceptors (Lipinski definition) is 7. The Morgan fingerprint density at radius 1 is 1.28 bits per heavy atom. The average Bonchev–Trinajstić information content (AvgIpc) is 2.80. The minimum atomic E-state index is -0.568. The summed E-state index contributed by atoms with van der Waals surface area (Å²) in [6, 6.07) is 7.40. The van der Waals surface area contributed by atoms with Crippen LogP contribution in [-0.2, 0) is 9.59 Å². The first-order valence-electron chi connectivity index (χ1n) is 10.6. The van der Waals surface area contributed by atoms with Crippen LogP contribution in [0.4, 0.5) is 17.2 Å². The second-order valence-electron chi connectivity index (χ2n) is 7.89. The monoisotopic (exact) mass is 440 g/mol. The van der Waals surface area contributed by atoms with Crippen molar-refractivity contribution in [2.24, 2.45) is 5.92 Å². The zero-order valence-electron chi connectivity index (χ0n) is 17.5. The fraction of sp³-hybridized carbons (Fsp3) is 0.409. The van der Waals surface area contributed by atoms with Crippen molar-refractivity contribution in [2.45, 2.75) is 32.1 Å². The molecule has 2 aromatic rings. The van der Waals surface area contributed by atoms with Crippen LogP contribution in [-0.4, -0.2) is 41.5 Å². The number of hydrogen-bond donors (Lipinski definition) is 1. The van der Waals surface area contributed by atoms with E-state index >= 15 is 0 Å². The van der Waals surface area contributed by atoms with Crippen molar-refractivity contribution in [1.82, 2.24) is 4.98 Å². The van der Waals surface area contributed by atoms with Gasteiger partial charge in [0.15, 0.2) is 18.2 Å². The van der Waals surface area contributed by atoms with Crippen molar-refractivity contribution in [2.75, 3.05) is 30.0 Å². The lowest BCUT2D eigenvalue weighted by atomic mass is 9.90. The number of anilines is 2. The summed E-state index contributed by atoms with van der Waals surface area (Å²) in [4.78, 5) is 41.0. The summed E-state index contributed by atoms with van der Waals surface area (Å²) in [5.74, 6) is 0.564. The van der Waals surface area contributed by atoms with Gasteiger partial charge in [-0.3, -0.25) is 24.6 Å². The molecular formula is C22H24N4O6. The van der Waals surface area contributed by atoms with E-state index in [0.29, 0.717) is 24.0 Å². The van der Waals surface area contributed by atoms with Gasteiger partial charge in [0, 0.05) is 18.3 Å². The van der Waals surface area contributed by atoms with Crippen molar-refractivity contribution in [1.29, 1.82) is 0 Å². The van der Waals surface area contributed by atoms with Crippen LogP contribution in [0.3, 0.4) is 0 Å². The quantitative estimate of drug-likeness (QED) is 0.517. The molecule has 1 N–H and O–H groups in total. The normalized spacial score (nSPS) is 16.1. The number of pyridine rings is 1. The fourth-order valence-electron chi connectivity index (χ4n) is 3.95. The van der Waals surface area contributed by atoms with Crippen LogP contribution < -0.4 is 19.7 Å². The number of nitrogens with zero attached hydrogens (tertiary/aromatic N) is 3. The predicted octanol–water partition coefficient (Wildman–Crippen LogP) is 3.31. The third kappa shape index (κ3) is 4.96. The van der Waals surface area contributed by atoms with Crippen LogP contribution >= 0.6 is 0 Å². The predicted molar refractivity (Wildman–Crippen MR) is 116 cm³/mol. The highest BCUT2D eigenvalue weighted by Gasteiger charge is 2.29. The minimum absolute atomic E-state index is 0.181. The molecule has 1 aliphatic heterocycles. The zero-order valence-corrected chi connectivity index (χ0v) is 17.5. The van der Waals surface area contributed by atoms with Gasteiger partial charge in [-0.15, -0.1) is 0 Å². The van der Waals surface area contributed by atoms with Crippen molar-refractivity contribution >= 4 is 29.0 Å². The molecule has 1 saturated carbocycles. The van der Waals surface area contributed by atoms with Gasteiger partial charge in [0.25, 0.3) is 11.6 Å². The number of amides is 2. The molecule has 2 aliphatic rings. The zero-order chi connectivity index (χ0) is 22.5.